The van der Waals surface area contributed by atoms with Crippen LogP contribution in [0.15, 0.2) is 12.3 Å². The second kappa shape index (κ2) is 6.53. The number of ether oxygens (including phenoxy) is 1. The van der Waals surface area contributed by atoms with Crippen molar-refractivity contribution in [2.24, 2.45) is 13.0 Å². The van der Waals surface area contributed by atoms with Crippen molar-refractivity contribution in [1.29, 1.82) is 0 Å². The van der Waals surface area contributed by atoms with E-state index < -0.39 is 5.60 Å². The number of carbonyl (C=O) groups excluding carboxylic acids is 1. The number of ketones is 1. The summed E-state index contributed by atoms with van der Waals surface area (Å²) in [6.45, 7) is 4.82. The number of aromatic nitrogens is 2. The Morgan fingerprint density at radius 2 is 2.40 bits per heavy atom. The van der Waals surface area contributed by atoms with E-state index in [9.17, 15) is 4.79 Å². The Morgan fingerprint density at radius 3 is 3.00 bits per heavy atom. The molecule has 1 saturated carbocycles. The molecule has 4 heteroatoms. The number of nitrogens with zero attached hydrogens (tertiary/aromatic N) is 2. The highest BCUT2D eigenvalue weighted by molar-refractivity contribution is 5.87. The van der Waals surface area contributed by atoms with Crippen LogP contribution in [0.4, 0.5) is 0 Å². The Hall–Kier alpha value is -1.16. The minimum Gasteiger partial charge on any atom is -0.367 e. The average molecular weight is 278 g/mol. The van der Waals surface area contributed by atoms with Gasteiger partial charge in [-0.05, 0) is 44.6 Å². The molecule has 112 valence electrons. The van der Waals surface area contributed by atoms with Crippen LogP contribution in [0.1, 0.15) is 51.6 Å². The molecule has 0 radical (unpaired) electrons. The highest BCUT2D eigenvalue weighted by atomic mass is 16.5. The number of hydrogen-bond donors (Lipinski definition) is 0. The lowest BCUT2D eigenvalue weighted by Crippen LogP contribution is -2.45. The van der Waals surface area contributed by atoms with Gasteiger partial charge < -0.3 is 4.74 Å². The van der Waals surface area contributed by atoms with E-state index >= 15 is 0 Å². The van der Waals surface area contributed by atoms with E-state index in [0.29, 0.717) is 18.9 Å². The number of hydrogen-bond acceptors (Lipinski definition) is 3. The van der Waals surface area contributed by atoms with Crippen molar-refractivity contribution in [2.45, 2.75) is 58.0 Å². The SMILES string of the molecule is CCOC1(C(=O)CCc2ccnn2C)CCCC(C)C1. The van der Waals surface area contributed by atoms with Gasteiger partial charge in [-0.25, -0.2) is 0 Å². The minimum atomic E-state index is -0.523. The predicted molar refractivity (Wildman–Crippen MR) is 78.5 cm³/mol. The second-order valence-electron chi connectivity index (χ2n) is 6.00. The van der Waals surface area contributed by atoms with Gasteiger partial charge in [-0.15, -0.1) is 0 Å². The zero-order valence-electron chi connectivity index (χ0n) is 12.9. The first kappa shape index (κ1) is 15.2. The van der Waals surface area contributed by atoms with E-state index in [1.54, 1.807) is 6.20 Å². The molecule has 0 spiro atoms. The van der Waals surface area contributed by atoms with Crippen LogP contribution in [-0.4, -0.2) is 27.8 Å². The average Bonchev–Trinajstić information content (AvgIpc) is 2.82. The normalized spacial score (nSPS) is 26.6. The van der Waals surface area contributed by atoms with E-state index in [2.05, 4.69) is 12.0 Å². The molecule has 2 unspecified atom stereocenters. The molecule has 1 aliphatic rings. The predicted octanol–water partition coefficient (Wildman–Crippen LogP) is 2.91. The third kappa shape index (κ3) is 3.29. The van der Waals surface area contributed by atoms with E-state index in [1.165, 1.54) is 6.42 Å². The summed E-state index contributed by atoms with van der Waals surface area (Å²) in [5, 5.41) is 4.15. The van der Waals surface area contributed by atoms with Gasteiger partial charge in [-0.1, -0.05) is 13.3 Å². The summed E-state index contributed by atoms with van der Waals surface area (Å²) in [6, 6.07) is 1.98. The first-order chi connectivity index (χ1) is 9.57. The second-order valence-corrected chi connectivity index (χ2v) is 6.00. The molecule has 1 aliphatic carbocycles. The number of aryl methyl sites for hydroxylation is 2. The van der Waals surface area contributed by atoms with Gasteiger partial charge in [0.05, 0.1) is 0 Å². The molecular weight excluding hydrogens is 252 g/mol. The summed E-state index contributed by atoms with van der Waals surface area (Å²) in [6.07, 6.45) is 7.15. The maximum absolute atomic E-state index is 12.7. The summed E-state index contributed by atoms with van der Waals surface area (Å²) in [4.78, 5) is 12.7. The van der Waals surface area contributed by atoms with Gasteiger partial charge in [0.15, 0.2) is 5.78 Å². The van der Waals surface area contributed by atoms with Crippen LogP contribution in [0.3, 0.4) is 0 Å². The number of Topliss-reactive ketones (excluding diaryl/α,β-unsaturated/α-hetero) is 1. The molecule has 4 nitrogen and oxygen atoms in total. The van der Waals surface area contributed by atoms with Crippen molar-refractivity contribution in [3.63, 3.8) is 0 Å². The molecule has 0 saturated heterocycles. The van der Waals surface area contributed by atoms with Crippen LogP contribution in [-0.2, 0) is 23.0 Å². The summed E-state index contributed by atoms with van der Waals surface area (Å²) >= 11 is 0. The quantitative estimate of drug-likeness (QED) is 0.803. The standard InChI is InChI=1S/C16H26N2O2/c1-4-20-16(10-5-6-13(2)12-16)15(19)8-7-14-9-11-17-18(14)3/h9,11,13H,4-8,10,12H2,1-3H3. The molecule has 2 atom stereocenters. The maximum atomic E-state index is 12.7. The van der Waals surface area contributed by atoms with E-state index in [-0.39, 0.29) is 5.78 Å². The lowest BCUT2D eigenvalue weighted by atomic mass is 9.75. The highest BCUT2D eigenvalue weighted by Gasteiger charge is 2.41. The van der Waals surface area contributed by atoms with Crippen LogP contribution in [0.5, 0.6) is 0 Å². The molecular formula is C16H26N2O2. The Balaban J connectivity index is 2.01. The molecule has 1 fully saturated rings. The van der Waals surface area contributed by atoms with Crippen molar-refractivity contribution in [1.82, 2.24) is 9.78 Å². The van der Waals surface area contributed by atoms with Gasteiger partial charge in [0.1, 0.15) is 5.60 Å². The third-order valence-electron chi connectivity index (χ3n) is 4.42. The fraction of sp³-hybridized carbons (Fsp3) is 0.750. The summed E-state index contributed by atoms with van der Waals surface area (Å²) in [5.74, 6) is 0.850. The zero-order chi connectivity index (χ0) is 14.6. The van der Waals surface area contributed by atoms with Gasteiger partial charge >= 0.3 is 0 Å². The third-order valence-corrected chi connectivity index (χ3v) is 4.42. The first-order valence-electron chi connectivity index (χ1n) is 7.71. The fourth-order valence-corrected chi connectivity index (χ4v) is 3.36. The lowest BCUT2D eigenvalue weighted by molar-refractivity contribution is -0.151. The Bertz CT molecular complexity index is 451. The van der Waals surface area contributed by atoms with E-state index in [4.69, 9.17) is 4.74 Å². The Morgan fingerprint density at radius 1 is 1.60 bits per heavy atom. The van der Waals surface area contributed by atoms with Crippen LogP contribution in [0.2, 0.25) is 0 Å². The monoisotopic (exact) mass is 278 g/mol. The summed E-state index contributed by atoms with van der Waals surface area (Å²) in [7, 11) is 1.92. The van der Waals surface area contributed by atoms with Crippen molar-refractivity contribution in [2.75, 3.05) is 6.61 Å². The summed E-state index contributed by atoms with van der Waals surface area (Å²) < 4.78 is 7.77. The Labute approximate surface area is 121 Å². The molecule has 1 aromatic rings. The number of carbonyl (C=O) groups is 1. The largest absolute Gasteiger partial charge is 0.367 e. The molecule has 0 aromatic carbocycles. The molecule has 2 rings (SSSR count). The van der Waals surface area contributed by atoms with Gasteiger partial charge in [0.25, 0.3) is 0 Å². The lowest BCUT2D eigenvalue weighted by Gasteiger charge is -2.38. The van der Waals surface area contributed by atoms with Crippen LogP contribution in [0, 0.1) is 5.92 Å². The molecule has 1 aromatic heterocycles. The zero-order valence-corrected chi connectivity index (χ0v) is 12.9. The first-order valence-corrected chi connectivity index (χ1v) is 7.71. The minimum absolute atomic E-state index is 0.270. The number of rotatable bonds is 6. The molecule has 0 bridgehead atoms. The molecule has 20 heavy (non-hydrogen) atoms. The van der Waals surface area contributed by atoms with Gasteiger partial charge in [-0.2, -0.15) is 5.10 Å². The van der Waals surface area contributed by atoms with Crippen molar-refractivity contribution in [3.05, 3.63) is 18.0 Å². The highest BCUT2D eigenvalue weighted by Crippen LogP contribution is 2.36. The smallest absolute Gasteiger partial charge is 0.165 e. The van der Waals surface area contributed by atoms with Crippen molar-refractivity contribution in [3.8, 4) is 0 Å². The van der Waals surface area contributed by atoms with Gasteiger partial charge in [0, 0.05) is 32.0 Å². The summed E-state index contributed by atoms with van der Waals surface area (Å²) in [5.41, 5.74) is 0.583. The van der Waals surface area contributed by atoms with Gasteiger partial charge in [-0.3, -0.25) is 9.48 Å². The topological polar surface area (TPSA) is 44.1 Å². The molecule has 1 heterocycles. The van der Waals surface area contributed by atoms with Crippen molar-refractivity contribution < 1.29 is 9.53 Å². The molecule has 0 amide bonds. The van der Waals surface area contributed by atoms with E-state index in [0.717, 1.165) is 31.4 Å². The fourth-order valence-electron chi connectivity index (χ4n) is 3.36. The molecule has 0 aliphatic heterocycles. The molecule has 0 N–H and O–H groups in total. The van der Waals surface area contributed by atoms with E-state index in [1.807, 2.05) is 24.7 Å². The van der Waals surface area contributed by atoms with Crippen LogP contribution in [0.25, 0.3) is 0 Å². The Kier molecular flexibility index (Phi) is 4.97. The van der Waals surface area contributed by atoms with Crippen molar-refractivity contribution >= 4 is 5.78 Å². The van der Waals surface area contributed by atoms with Gasteiger partial charge in [0.2, 0.25) is 0 Å². The maximum Gasteiger partial charge on any atom is 0.165 e. The van der Waals surface area contributed by atoms with Crippen LogP contribution < -0.4 is 0 Å². The van der Waals surface area contributed by atoms with Crippen LogP contribution >= 0.6 is 0 Å².